The number of carbonyl (C=O) groups is 2. The number of carboxylic acid groups (broad SMARTS) is 1. The van der Waals surface area contributed by atoms with Crippen LogP contribution in [0.25, 0.3) is 0 Å². The molecule has 0 saturated carbocycles. The van der Waals surface area contributed by atoms with Crippen molar-refractivity contribution in [3.8, 4) is 0 Å². The van der Waals surface area contributed by atoms with Crippen molar-refractivity contribution in [1.82, 2.24) is 10.2 Å². The SMILES string of the molecule is CCC(C)(NC(=O)CN1CCC(N)CC1)C(=O)O. The first-order chi connectivity index (χ1) is 8.37. The Kier molecular flexibility index (Phi) is 5.10. The zero-order chi connectivity index (χ0) is 13.8. The molecule has 104 valence electrons. The summed E-state index contributed by atoms with van der Waals surface area (Å²) in [6.07, 6.45) is 2.13. The van der Waals surface area contributed by atoms with Crippen LogP contribution in [-0.4, -0.2) is 53.1 Å². The van der Waals surface area contributed by atoms with Crippen molar-refractivity contribution in [1.29, 1.82) is 0 Å². The Balaban J connectivity index is 2.44. The summed E-state index contributed by atoms with van der Waals surface area (Å²) in [5, 5.41) is 11.7. The minimum atomic E-state index is -1.18. The molecular formula is C12H23N3O3. The van der Waals surface area contributed by atoms with Crippen molar-refractivity contribution in [2.24, 2.45) is 5.73 Å². The molecule has 1 saturated heterocycles. The summed E-state index contributed by atoms with van der Waals surface area (Å²) >= 11 is 0. The van der Waals surface area contributed by atoms with Gasteiger partial charge in [0.1, 0.15) is 5.54 Å². The number of rotatable bonds is 5. The number of piperidine rings is 1. The molecule has 0 spiro atoms. The van der Waals surface area contributed by atoms with E-state index in [0.29, 0.717) is 6.42 Å². The Bertz CT molecular complexity index is 314. The van der Waals surface area contributed by atoms with Crippen molar-refractivity contribution in [2.45, 2.75) is 44.7 Å². The number of hydrogen-bond donors (Lipinski definition) is 3. The number of likely N-dealkylation sites (tertiary alicyclic amines) is 1. The third-order valence-corrected chi connectivity index (χ3v) is 3.59. The maximum Gasteiger partial charge on any atom is 0.329 e. The van der Waals surface area contributed by atoms with E-state index >= 15 is 0 Å². The van der Waals surface area contributed by atoms with E-state index in [1.165, 1.54) is 6.92 Å². The highest BCUT2D eigenvalue weighted by atomic mass is 16.4. The molecular weight excluding hydrogens is 234 g/mol. The number of carbonyl (C=O) groups excluding carboxylic acids is 1. The Labute approximate surface area is 108 Å². The van der Waals surface area contributed by atoms with Gasteiger partial charge in [-0.05, 0) is 26.2 Å². The largest absolute Gasteiger partial charge is 0.480 e. The molecule has 0 aromatic heterocycles. The first-order valence-corrected chi connectivity index (χ1v) is 6.39. The van der Waals surface area contributed by atoms with Crippen LogP contribution in [0.2, 0.25) is 0 Å². The number of nitrogens with zero attached hydrogens (tertiary/aromatic N) is 1. The van der Waals surface area contributed by atoms with Crippen LogP contribution < -0.4 is 11.1 Å². The van der Waals surface area contributed by atoms with E-state index in [4.69, 9.17) is 10.8 Å². The van der Waals surface area contributed by atoms with Crippen LogP contribution in [0.5, 0.6) is 0 Å². The summed E-state index contributed by atoms with van der Waals surface area (Å²) in [6.45, 7) is 5.11. The van der Waals surface area contributed by atoms with E-state index in [2.05, 4.69) is 5.32 Å². The number of aliphatic carboxylic acids is 1. The van der Waals surface area contributed by atoms with Gasteiger partial charge in [0.05, 0.1) is 6.54 Å². The molecule has 1 aliphatic heterocycles. The fraction of sp³-hybridized carbons (Fsp3) is 0.833. The molecule has 6 heteroatoms. The standard InChI is InChI=1S/C12H23N3O3/c1-3-12(2,11(17)18)14-10(16)8-15-6-4-9(13)5-7-15/h9H,3-8,13H2,1-2H3,(H,14,16)(H,17,18). The predicted molar refractivity (Wildman–Crippen MR) is 68.1 cm³/mol. The molecule has 0 bridgehead atoms. The van der Waals surface area contributed by atoms with Gasteiger partial charge < -0.3 is 16.2 Å². The fourth-order valence-electron chi connectivity index (χ4n) is 1.95. The number of carboxylic acids is 1. The van der Waals surface area contributed by atoms with Gasteiger partial charge in [0, 0.05) is 19.1 Å². The highest BCUT2D eigenvalue weighted by Crippen LogP contribution is 2.11. The van der Waals surface area contributed by atoms with E-state index in [9.17, 15) is 9.59 Å². The quantitative estimate of drug-likeness (QED) is 0.633. The van der Waals surface area contributed by atoms with Crippen LogP contribution in [0.3, 0.4) is 0 Å². The van der Waals surface area contributed by atoms with Crippen LogP contribution in [-0.2, 0) is 9.59 Å². The summed E-state index contributed by atoms with van der Waals surface area (Å²) in [4.78, 5) is 24.9. The summed E-state index contributed by atoms with van der Waals surface area (Å²) in [7, 11) is 0. The van der Waals surface area contributed by atoms with Crippen LogP contribution in [0, 0.1) is 0 Å². The Morgan fingerprint density at radius 2 is 2.00 bits per heavy atom. The average molecular weight is 257 g/mol. The highest BCUT2D eigenvalue weighted by Gasteiger charge is 2.33. The zero-order valence-corrected chi connectivity index (χ0v) is 11.1. The van der Waals surface area contributed by atoms with E-state index < -0.39 is 11.5 Å². The van der Waals surface area contributed by atoms with Crippen molar-refractivity contribution >= 4 is 11.9 Å². The Hall–Kier alpha value is -1.14. The molecule has 0 radical (unpaired) electrons. The second-order valence-corrected chi connectivity index (χ2v) is 5.15. The average Bonchev–Trinajstić information content (AvgIpc) is 2.31. The van der Waals surface area contributed by atoms with E-state index in [1.807, 2.05) is 4.90 Å². The maximum atomic E-state index is 11.8. The summed E-state index contributed by atoms with van der Waals surface area (Å²) in [5.74, 6) is -1.24. The van der Waals surface area contributed by atoms with Gasteiger partial charge in [-0.2, -0.15) is 0 Å². The maximum absolute atomic E-state index is 11.8. The molecule has 18 heavy (non-hydrogen) atoms. The molecule has 0 aromatic carbocycles. The second-order valence-electron chi connectivity index (χ2n) is 5.15. The van der Waals surface area contributed by atoms with Crippen molar-refractivity contribution in [2.75, 3.05) is 19.6 Å². The Morgan fingerprint density at radius 3 is 2.44 bits per heavy atom. The van der Waals surface area contributed by atoms with Gasteiger partial charge in [0.25, 0.3) is 0 Å². The summed E-state index contributed by atoms with van der Waals surface area (Å²) in [6, 6.07) is 0.226. The number of amides is 1. The highest BCUT2D eigenvalue weighted by molar-refractivity contribution is 5.87. The lowest BCUT2D eigenvalue weighted by atomic mass is 9.99. The molecule has 1 unspecified atom stereocenters. The van der Waals surface area contributed by atoms with E-state index in [-0.39, 0.29) is 18.5 Å². The molecule has 1 aliphatic rings. The molecule has 0 aliphatic carbocycles. The summed E-state index contributed by atoms with van der Waals surface area (Å²) in [5.41, 5.74) is 4.61. The van der Waals surface area contributed by atoms with Crippen LogP contribution in [0.4, 0.5) is 0 Å². The third kappa shape index (κ3) is 3.96. The van der Waals surface area contributed by atoms with E-state index in [1.54, 1.807) is 6.92 Å². The lowest BCUT2D eigenvalue weighted by molar-refractivity contribution is -0.147. The molecule has 1 amide bonds. The Morgan fingerprint density at radius 1 is 1.44 bits per heavy atom. The number of nitrogens with two attached hydrogens (primary N) is 1. The first-order valence-electron chi connectivity index (χ1n) is 6.39. The van der Waals surface area contributed by atoms with Gasteiger partial charge in [-0.1, -0.05) is 6.92 Å². The number of hydrogen-bond acceptors (Lipinski definition) is 4. The van der Waals surface area contributed by atoms with Gasteiger partial charge in [-0.3, -0.25) is 9.69 Å². The molecule has 1 atom stereocenters. The smallest absolute Gasteiger partial charge is 0.329 e. The normalized spacial score (nSPS) is 21.3. The fourth-order valence-corrected chi connectivity index (χ4v) is 1.95. The predicted octanol–water partition coefficient (Wildman–Crippen LogP) is -0.221. The molecule has 1 fully saturated rings. The van der Waals surface area contributed by atoms with Crippen LogP contribution in [0.15, 0.2) is 0 Å². The third-order valence-electron chi connectivity index (χ3n) is 3.59. The van der Waals surface area contributed by atoms with Crippen molar-refractivity contribution in [3.05, 3.63) is 0 Å². The summed E-state index contributed by atoms with van der Waals surface area (Å²) < 4.78 is 0. The minimum Gasteiger partial charge on any atom is -0.480 e. The lowest BCUT2D eigenvalue weighted by Crippen LogP contribution is -2.55. The van der Waals surface area contributed by atoms with Gasteiger partial charge in [0.2, 0.25) is 5.91 Å². The molecule has 6 nitrogen and oxygen atoms in total. The van der Waals surface area contributed by atoms with Gasteiger partial charge in [-0.15, -0.1) is 0 Å². The van der Waals surface area contributed by atoms with Gasteiger partial charge >= 0.3 is 5.97 Å². The first kappa shape index (κ1) is 14.9. The van der Waals surface area contributed by atoms with Gasteiger partial charge in [0.15, 0.2) is 0 Å². The van der Waals surface area contributed by atoms with Gasteiger partial charge in [-0.25, -0.2) is 4.79 Å². The molecule has 1 heterocycles. The molecule has 0 aromatic rings. The number of nitrogens with one attached hydrogen (secondary N) is 1. The van der Waals surface area contributed by atoms with Crippen LogP contribution in [0.1, 0.15) is 33.1 Å². The molecule has 1 rings (SSSR count). The minimum absolute atomic E-state index is 0.226. The van der Waals surface area contributed by atoms with E-state index in [0.717, 1.165) is 25.9 Å². The molecule has 4 N–H and O–H groups in total. The van der Waals surface area contributed by atoms with Crippen molar-refractivity contribution in [3.63, 3.8) is 0 Å². The monoisotopic (exact) mass is 257 g/mol. The second kappa shape index (κ2) is 6.15. The zero-order valence-electron chi connectivity index (χ0n) is 11.1. The van der Waals surface area contributed by atoms with Crippen molar-refractivity contribution < 1.29 is 14.7 Å². The van der Waals surface area contributed by atoms with Crippen LogP contribution >= 0.6 is 0 Å². The topological polar surface area (TPSA) is 95.7 Å². The lowest BCUT2D eigenvalue weighted by Gasteiger charge is -2.31.